The number of nitrogens with zero attached hydrogens (tertiary/aromatic N) is 1. The summed E-state index contributed by atoms with van der Waals surface area (Å²) in [6.07, 6.45) is 1.83. The highest BCUT2D eigenvalue weighted by Crippen LogP contribution is 2.34. The summed E-state index contributed by atoms with van der Waals surface area (Å²) in [6.45, 7) is 1.80. The van der Waals surface area contributed by atoms with Crippen LogP contribution >= 0.6 is 0 Å². The SMILES string of the molecule is CCOC(=O)[C@](N)(Cc1c[nH]c2ccccc12)c1ccccc1[N+](=O)[O-]. The number of ether oxygens (including phenoxy) is 1. The Bertz CT molecular complexity index is 966. The molecule has 3 rings (SSSR count). The van der Waals surface area contributed by atoms with Crippen molar-refractivity contribution < 1.29 is 14.5 Å². The van der Waals surface area contributed by atoms with Crippen LogP contribution in [0.5, 0.6) is 0 Å². The van der Waals surface area contributed by atoms with Gasteiger partial charge in [-0.05, 0) is 24.6 Å². The lowest BCUT2D eigenvalue weighted by atomic mass is 9.83. The molecule has 7 heteroatoms. The molecule has 3 N–H and O–H groups in total. The Hall–Kier alpha value is -3.19. The quantitative estimate of drug-likeness (QED) is 0.402. The third kappa shape index (κ3) is 3.04. The van der Waals surface area contributed by atoms with Crippen molar-refractivity contribution in [2.75, 3.05) is 6.61 Å². The Morgan fingerprint density at radius 2 is 1.92 bits per heavy atom. The Balaban J connectivity index is 2.14. The van der Waals surface area contributed by atoms with Crippen molar-refractivity contribution in [3.05, 3.63) is 76.0 Å². The third-order valence-corrected chi connectivity index (χ3v) is 4.37. The minimum atomic E-state index is -1.68. The number of nitro groups is 1. The van der Waals surface area contributed by atoms with Crippen molar-refractivity contribution in [1.29, 1.82) is 0 Å². The molecule has 0 saturated heterocycles. The van der Waals surface area contributed by atoms with Crippen LogP contribution in [0.25, 0.3) is 10.9 Å². The van der Waals surface area contributed by atoms with E-state index in [-0.39, 0.29) is 24.3 Å². The number of carbonyl (C=O) groups is 1. The van der Waals surface area contributed by atoms with Gasteiger partial charge in [-0.3, -0.25) is 10.1 Å². The normalized spacial score (nSPS) is 13.3. The van der Waals surface area contributed by atoms with Gasteiger partial charge < -0.3 is 15.5 Å². The number of para-hydroxylation sites is 2. The standard InChI is InChI=1S/C19H19N3O4/c1-2-26-18(23)19(20,15-8-4-6-10-17(15)22(24)25)11-13-12-21-16-9-5-3-7-14(13)16/h3-10,12,21H,2,11,20H2,1H3/t19-/m0/s1. The molecule has 1 aromatic heterocycles. The van der Waals surface area contributed by atoms with Crippen LogP contribution in [0.2, 0.25) is 0 Å². The van der Waals surface area contributed by atoms with E-state index in [0.717, 1.165) is 16.5 Å². The van der Waals surface area contributed by atoms with E-state index in [1.807, 2.05) is 24.3 Å². The predicted octanol–water partition coefficient (Wildman–Crippen LogP) is 3.04. The van der Waals surface area contributed by atoms with E-state index in [1.165, 1.54) is 12.1 Å². The molecule has 1 heterocycles. The average Bonchev–Trinajstić information content (AvgIpc) is 3.04. The number of nitro benzene ring substituents is 1. The Morgan fingerprint density at radius 1 is 1.23 bits per heavy atom. The molecule has 0 aliphatic heterocycles. The highest BCUT2D eigenvalue weighted by molar-refractivity contribution is 5.88. The summed E-state index contributed by atoms with van der Waals surface area (Å²) < 4.78 is 5.16. The van der Waals surface area contributed by atoms with Gasteiger partial charge in [0.2, 0.25) is 0 Å². The van der Waals surface area contributed by atoms with Crippen molar-refractivity contribution in [2.24, 2.45) is 5.73 Å². The fourth-order valence-electron chi connectivity index (χ4n) is 3.13. The molecule has 0 radical (unpaired) electrons. The van der Waals surface area contributed by atoms with Gasteiger partial charge in [0.15, 0.2) is 5.54 Å². The van der Waals surface area contributed by atoms with E-state index in [2.05, 4.69) is 4.98 Å². The lowest BCUT2D eigenvalue weighted by molar-refractivity contribution is -0.386. The molecular weight excluding hydrogens is 334 g/mol. The fraction of sp³-hybridized carbons (Fsp3) is 0.211. The molecule has 26 heavy (non-hydrogen) atoms. The maximum absolute atomic E-state index is 12.7. The molecule has 0 aliphatic rings. The maximum atomic E-state index is 12.7. The molecule has 1 atom stereocenters. The summed E-state index contributed by atoms with van der Waals surface area (Å²) in [4.78, 5) is 26.8. The number of carbonyl (C=O) groups excluding carboxylic acids is 1. The fourth-order valence-corrected chi connectivity index (χ4v) is 3.13. The van der Waals surface area contributed by atoms with E-state index in [9.17, 15) is 14.9 Å². The maximum Gasteiger partial charge on any atom is 0.331 e. The van der Waals surface area contributed by atoms with E-state index in [0.29, 0.717) is 0 Å². The molecular formula is C19H19N3O4. The Morgan fingerprint density at radius 3 is 2.65 bits per heavy atom. The molecule has 0 aliphatic carbocycles. The average molecular weight is 353 g/mol. The lowest BCUT2D eigenvalue weighted by Gasteiger charge is -2.27. The number of nitrogens with two attached hydrogens (primary N) is 1. The van der Waals surface area contributed by atoms with Crippen molar-refractivity contribution in [1.82, 2.24) is 4.98 Å². The van der Waals surface area contributed by atoms with Crippen LogP contribution in [-0.4, -0.2) is 22.5 Å². The van der Waals surface area contributed by atoms with Gasteiger partial charge in [-0.25, -0.2) is 4.79 Å². The first-order valence-electron chi connectivity index (χ1n) is 8.22. The topological polar surface area (TPSA) is 111 Å². The Labute approximate surface area is 149 Å². The number of aromatic nitrogens is 1. The van der Waals surface area contributed by atoms with Crippen LogP contribution < -0.4 is 5.73 Å². The molecule has 0 bridgehead atoms. The number of nitrogens with one attached hydrogen (secondary N) is 1. The van der Waals surface area contributed by atoms with Gasteiger partial charge in [0.05, 0.1) is 17.1 Å². The summed E-state index contributed by atoms with van der Waals surface area (Å²) in [5, 5.41) is 12.4. The zero-order valence-corrected chi connectivity index (χ0v) is 14.3. The highest BCUT2D eigenvalue weighted by Gasteiger charge is 2.42. The number of esters is 1. The monoisotopic (exact) mass is 353 g/mol. The number of benzene rings is 2. The van der Waals surface area contributed by atoms with Crippen LogP contribution in [0.1, 0.15) is 18.1 Å². The number of H-pyrrole nitrogens is 1. The van der Waals surface area contributed by atoms with Crippen LogP contribution in [0.15, 0.2) is 54.7 Å². The van der Waals surface area contributed by atoms with Crippen LogP contribution in [0.4, 0.5) is 5.69 Å². The lowest BCUT2D eigenvalue weighted by Crippen LogP contribution is -2.48. The van der Waals surface area contributed by atoms with E-state index < -0.39 is 16.4 Å². The molecule has 2 aromatic carbocycles. The second-order valence-corrected chi connectivity index (χ2v) is 6.00. The number of rotatable bonds is 6. The molecule has 0 spiro atoms. The van der Waals surface area contributed by atoms with Gasteiger partial charge in [0, 0.05) is 29.6 Å². The number of hydrogen-bond acceptors (Lipinski definition) is 5. The van der Waals surface area contributed by atoms with Crippen LogP contribution in [-0.2, 0) is 21.5 Å². The number of hydrogen-bond donors (Lipinski definition) is 2. The summed E-state index contributed by atoms with van der Waals surface area (Å²) in [5.41, 5.74) is 6.41. The van der Waals surface area contributed by atoms with Gasteiger partial charge in [0.1, 0.15) is 0 Å². The second-order valence-electron chi connectivity index (χ2n) is 6.00. The summed E-state index contributed by atoms with van der Waals surface area (Å²) in [6, 6.07) is 13.6. The highest BCUT2D eigenvalue weighted by atomic mass is 16.6. The van der Waals surface area contributed by atoms with Gasteiger partial charge in [-0.2, -0.15) is 0 Å². The first-order valence-corrected chi connectivity index (χ1v) is 8.22. The smallest absolute Gasteiger partial charge is 0.331 e. The van der Waals surface area contributed by atoms with Crippen molar-refractivity contribution in [3.63, 3.8) is 0 Å². The van der Waals surface area contributed by atoms with Gasteiger partial charge >= 0.3 is 5.97 Å². The molecule has 3 aromatic rings. The minimum Gasteiger partial charge on any atom is -0.464 e. The third-order valence-electron chi connectivity index (χ3n) is 4.37. The zero-order chi connectivity index (χ0) is 18.7. The molecule has 7 nitrogen and oxygen atoms in total. The minimum absolute atomic E-state index is 0.0701. The first kappa shape index (κ1) is 17.6. The number of aromatic amines is 1. The largest absolute Gasteiger partial charge is 0.464 e. The molecule has 0 fully saturated rings. The van der Waals surface area contributed by atoms with Crippen molar-refractivity contribution >= 4 is 22.6 Å². The summed E-state index contributed by atoms with van der Waals surface area (Å²) in [7, 11) is 0. The van der Waals surface area contributed by atoms with Gasteiger partial charge in [-0.1, -0.05) is 30.3 Å². The van der Waals surface area contributed by atoms with Gasteiger partial charge in [0.25, 0.3) is 5.69 Å². The molecule has 134 valence electrons. The van der Waals surface area contributed by atoms with E-state index in [1.54, 1.807) is 25.3 Å². The van der Waals surface area contributed by atoms with Gasteiger partial charge in [-0.15, -0.1) is 0 Å². The molecule has 0 unspecified atom stereocenters. The number of fused-ring (bicyclic) bond motifs is 1. The van der Waals surface area contributed by atoms with E-state index in [4.69, 9.17) is 10.5 Å². The van der Waals surface area contributed by atoms with Crippen molar-refractivity contribution in [2.45, 2.75) is 18.9 Å². The zero-order valence-electron chi connectivity index (χ0n) is 14.3. The van der Waals surface area contributed by atoms with Crippen LogP contribution in [0, 0.1) is 10.1 Å². The van der Waals surface area contributed by atoms with Crippen LogP contribution in [0.3, 0.4) is 0 Å². The molecule has 0 amide bonds. The summed E-state index contributed by atoms with van der Waals surface area (Å²) in [5.74, 6) is -0.695. The Kier molecular flexibility index (Phi) is 4.73. The van der Waals surface area contributed by atoms with E-state index >= 15 is 0 Å². The van der Waals surface area contributed by atoms with Crippen molar-refractivity contribution in [3.8, 4) is 0 Å². The molecule has 0 saturated carbocycles. The predicted molar refractivity (Wildman–Crippen MR) is 97.6 cm³/mol. The summed E-state index contributed by atoms with van der Waals surface area (Å²) >= 11 is 0. The first-order chi connectivity index (χ1) is 12.5. The second kappa shape index (κ2) is 6.97.